The van der Waals surface area contributed by atoms with Crippen LogP contribution in [0.4, 0.5) is 0 Å². The van der Waals surface area contributed by atoms with E-state index in [9.17, 15) is 14.8 Å². The van der Waals surface area contributed by atoms with E-state index < -0.39 is 5.97 Å². The molecule has 0 spiro atoms. The van der Waals surface area contributed by atoms with Gasteiger partial charge >= 0.3 is 11.9 Å². The molecule has 0 amide bonds. The van der Waals surface area contributed by atoms with E-state index in [1.165, 1.54) is 12.1 Å². The Balaban J connectivity index is 0.000000221. The number of halogens is 1. The van der Waals surface area contributed by atoms with Crippen LogP contribution >= 0.6 is 11.6 Å². The van der Waals surface area contributed by atoms with Crippen molar-refractivity contribution in [3.63, 3.8) is 0 Å². The van der Waals surface area contributed by atoms with Crippen molar-refractivity contribution < 1.29 is 29.2 Å². The SMILES string of the molecule is CCOC(=O)c1ccc2c(ccc(C)[n+]2[O-])c1.O=C(OO)c1cccc(Cl)c1. The Bertz CT molecular complexity index is 1010. The molecular weight excluding hydrogens is 386 g/mol. The molecule has 3 aromatic rings. The zero-order valence-corrected chi connectivity index (χ0v) is 16.0. The standard InChI is InChI=1S/C13H13NO3.C7H5ClO3/c1-3-17-13(15)11-6-7-12-10(8-11)5-4-9(2)14(12)16;8-6-3-1-2-5(4-6)7(9)11-10/h4-8H,3H2,1-2H3;1-4,10H. The van der Waals surface area contributed by atoms with E-state index in [2.05, 4.69) is 4.89 Å². The Labute approximate surface area is 166 Å². The molecular formula is C20H18ClNO6. The lowest BCUT2D eigenvalue weighted by Gasteiger charge is -2.06. The van der Waals surface area contributed by atoms with Gasteiger partial charge in [0.15, 0.2) is 5.69 Å². The highest BCUT2D eigenvalue weighted by Gasteiger charge is 2.11. The summed E-state index contributed by atoms with van der Waals surface area (Å²) in [5.41, 5.74) is 1.86. The molecule has 0 fully saturated rings. The van der Waals surface area contributed by atoms with Gasteiger partial charge in [-0.25, -0.2) is 9.59 Å². The lowest BCUT2D eigenvalue weighted by atomic mass is 10.1. The number of rotatable bonds is 3. The van der Waals surface area contributed by atoms with Crippen LogP contribution in [0.1, 0.15) is 33.3 Å². The number of hydrogen-bond donors (Lipinski definition) is 1. The molecule has 8 heteroatoms. The van der Waals surface area contributed by atoms with Crippen LogP contribution < -0.4 is 4.73 Å². The molecule has 0 aliphatic carbocycles. The van der Waals surface area contributed by atoms with Crippen LogP contribution in [-0.2, 0) is 9.62 Å². The lowest BCUT2D eigenvalue weighted by Crippen LogP contribution is -2.30. The first-order chi connectivity index (χ1) is 13.4. The number of carbonyl (C=O) groups is 2. The Kier molecular flexibility index (Phi) is 7.31. The largest absolute Gasteiger partial charge is 0.618 e. The fourth-order valence-corrected chi connectivity index (χ4v) is 2.54. The zero-order valence-electron chi connectivity index (χ0n) is 15.2. The van der Waals surface area contributed by atoms with Crippen molar-refractivity contribution >= 4 is 34.4 Å². The van der Waals surface area contributed by atoms with Gasteiger partial charge in [-0.15, -0.1) is 0 Å². The first-order valence-electron chi connectivity index (χ1n) is 8.28. The van der Waals surface area contributed by atoms with Gasteiger partial charge < -0.3 is 9.94 Å². The van der Waals surface area contributed by atoms with Gasteiger partial charge in [0, 0.05) is 29.5 Å². The van der Waals surface area contributed by atoms with Crippen molar-refractivity contribution in [1.29, 1.82) is 0 Å². The Hall–Kier alpha value is -3.16. The number of ether oxygens (including phenoxy) is 1. The minimum absolute atomic E-state index is 0.222. The monoisotopic (exact) mass is 403 g/mol. The van der Waals surface area contributed by atoms with E-state index in [4.69, 9.17) is 21.6 Å². The van der Waals surface area contributed by atoms with Crippen LogP contribution in [0.15, 0.2) is 54.6 Å². The van der Waals surface area contributed by atoms with Crippen molar-refractivity contribution in [3.05, 3.63) is 81.6 Å². The van der Waals surface area contributed by atoms with Crippen LogP contribution in [0, 0.1) is 12.1 Å². The molecule has 1 aromatic heterocycles. The number of aryl methyl sites for hydroxylation is 1. The molecule has 0 saturated carbocycles. The summed E-state index contributed by atoms with van der Waals surface area (Å²) in [6, 6.07) is 14.6. The van der Waals surface area contributed by atoms with Crippen molar-refractivity contribution in [2.45, 2.75) is 13.8 Å². The average molecular weight is 404 g/mol. The van der Waals surface area contributed by atoms with Crippen LogP contribution in [0.3, 0.4) is 0 Å². The number of aromatic nitrogens is 1. The number of hydrogen-bond acceptors (Lipinski definition) is 6. The molecule has 2 aromatic carbocycles. The van der Waals surface area contributed by atoms with Gasteiger partial charge in [0.2, 0.25) is 5.52 Å². The van der Waals surface area contributed by atoms with Gasteiger partial charge in [-0.05, 0) is 43.3 Å². The molecule has 28 heavy (non-hydrogen) atoms. The first-order valence-corrected chi connectivity index (χ1v) is 8.66. The van der Waals surface area contributed by atoms with Crippen LogP contribution in [0.2, 0.25) is 5.02 Å². The van der Waals surface area contributed by atoms with E-state index in [-0.39, 0.29) is 11.5 Å². The Morgan fingerprint density at radius 2 is 1.79 bits per heavy atom. The highest BCUT2D eigenvalue weighted by Crippen LogP contribution is 2.14. The molecule has 0 saturated heterocycles. The van der Waals surface area contributed by atoms with Gasteiger partial charge in [0.1, 0.15) is 0 Å². The zero-order chi connectivity index (χ0) is 20.7. The first kappa shape index (κ1) is 21.1. The third-order valence-corrected chi connectivity index (χ3v) is 3.96. The molecule has 7 nitrogen and oxygen atoms in total. The predicted octanol–water partition coefficient (Wildman–Crippen LogP) is 3.93. The second-order valence-electron chi connectivity index (χ2n) is 5.65. The lowest BCUT2D eigenvalue weighted by molar-refractivity contribution is -0.584. The fraction of sp³-hybridized carbons (Fsp3) is 0.150. The maximum Gasteiger partial charge on any atom is 0.372 e. The molecule has 0 radical (unpaired) electrons. The van der Waals surface area contributed by atoms with Gasteiger partial charge in [-0.1, -0.05) is 17.7 Å². The topological polar surface area (TPSA) is 99.8 Å². The number of fused-ring (bicyclic) bond motifs is 1. The van der Waals surface area contributed by atoms with Gasteiger partial charge in [0.05, 0.1) is 17.7 Å². The molecule has 0 unspecified atom stereocenters. The highest BCUT2D eigenvalue weighted by molar-refractivity contribution is 6.30. The number of nitrogens with zero attached hydrogens (tertiary/aromatic N) is 1. The average Bonchev–Trinajstić information content (AvgIpc) is 2.70. The van der Waals surface area contributed by atoms with E-state index >= 15 is 0 Å². The fourth-order valence-electron chi connectivity index (χ4n) is 2.35. The van der Waals surface area contributed by atoms with Crippen molar-refractivity contribution in [1.82, 2.24) is 0 Å². The van der Waals surface area contributed by atoms with Crippen molar-refractivity contribution in [2.75, 3.05) is 6.61 Å². The van der Waals surface area contributed by atoms with Crippen molar-refractivity contribution in [2.24, 2.45) is 0 Å². The van der Waals surface area contributed by atoms with Gasteiger partial charge in [-0.3, -0.25) is 4.89 Å². The summed E-state index contributed by atoms with van der Waals surface area (Å²) >= 11 is 5.56. The van der Waals surface area contributed by atoms with Gasteiger partial charge in [0.25, 0.3) is 0 Å². The summed E-state index contributed by atoms with van der Waals surface area (Å²) in [5, 5.41) is 20.9. The number of carbonyl (C=O) groups excluding carboxylic acids is 2. The summed E-state index contributed by atoms with van der Waals surface area (Å²) < 4.78 is 5.76. The Morgan fingerprint density at radius 3 is 2.43 bits per heavy atom. The maximum atomic E-state index is 11.7. The van der Waals surface area contributed by atoms with E-state index in [1.807, 2.05) is 6.07 Å². The number of pyridine rings is 1. The summed E-state index contributed by atoms with van der Waals surface area (Å²) in [6.07, 6.45) is 0. The van der Waals surface area contributed by atoms with E-state index in [0.717, 1.165) is 10.1 Å². The normalized spacial score (nSPS) is 10.0. The molecule has 0 aliphatic heterocycles. The minimum Gasteiger partial charge on any atom is -0.618 e. The summed E-state index contributed by atoms with van der Waals surface area (Å²) in [5.74, 6) is -1.18. The van der Waals surface area contributed by atoms with Crippen LogP contribution in [0.5, 0.6) is 0 Å². The van der Waals surface area contributed by atoms with Crippen LogP contribution in [-0.4, -0.2) is 23.8 Å². The van der Waals surface area contributed by atoms with E-state index in [1.54, 1.807) is 50.2 Å². The Morgan fingerprint density at radius 1 is 1.07 bits per heavy atom. The molecule has 3 rings (SSSR count). The number of benzene rings is 2. The molecule has 0 bridgehead atoms. The molecule has 1 N–H and O–H groups in total. The molecule has 1 heterocycles. The maximum absolute atomic E-state index is 11.7. The predicted molar refractivity (Wildman–Crippen MR) is 103 cm³/mol. The highest BCUT2D eigenvalue weighted by atomic mass is 35.5. The molecule has 146 valence electrons. The van der Waals surface area contributed by atoms with Crippen LogP contribution in [0.25, 0.3) is 10.9 Å². The quantitative estimate of drug-likeness (QED) is 0.234. The second kappa shape index (κ2) is 9.68. The second-order valence-corrected chi connectivity index (χ2v) is 6.09. The summed E-state index contributed by atoms with van der Waals surface area (Å²) in [6.45, 7) is 3.84. The summed E-state index contributed by atoms with van der Waals surface area (Å²) in [7, 11) is 0. The molecule has 0 aliphatic rings. The van der Waals surface area contributed by atoms with Gasteiger partial charge in [-0.2, -0.15) is 9.99 Å². The minimum atomic E-state index is -0.813. The smallest absolute Gasteiger partial charge is 0.372 e. The third kappa shape index (κ3) is 5.18. The summed E-state index contributed by atoms with van der Waals surface area (Å²) in [4.78, 5) is 25.7. The third-order valence-electron chi connectivity index (χ3n) is 3.73. The molecule has 0 atom stereocenters. The number of esters is 1. The van der Waals surface area contributed by atoms with Crippen molar-refractivity contribution in [3.8, 4) is 0 Å². The van der Waals surface area contributed by atoms with E-state index in [0.29, 0.717) is 28.4 Å².